The fourth-order valence-corrected chi connectivity index (χ4v) is 10.1. The summed E-state index contributed by atoms with van der Waals surface area (Å²) in [6, 6.07) is 71.2. The van der Waals surface area contributed by atoms with E-state index in [0.717, 1.165) is 22.5 Å². The molecule has 1 aliphatic carbocycles. The van der Waals surface area contributed by atoms with Crippen molar-refractivity contribution in [1.82, 2.24) is 9.55 Å². The summed E-state index contributed by atoms with van der Waals surface area (Å²) in [5, 5.41) is 8.59. The van der Waals surface area contributed by atoms with E-state index in [1.807, 2.05) is 0 Å². The molecule has 58 heavy (non-hydrogen) atoms. The Bertz CT molecular complexity index is 3440. The molecule has 2 aromatic heterocycles. The van der Waals surface area contributed by atoms with Crippen LogP contribution in [-0.4, -0.2) is 9.55 Å². The highest BCUT2D eigenvalue weighted by Crippen LogP contribution is 2.52. The molecular weight excluding hydrogens is 701 g/mol. The van der Waals surface area contributed by atoms with Crippen LogP contribution in [0.2, 0.25) is 0 Å². The molecule has 0 radical (unpaired) electrons. The molecule has 2 heteroatoms. The highest BCUT2D eigenvalue weighted by molar-refractivity contribution is 6.24. The molecule has 0 atom stereocenters. The lowest BCUT2D eigenvalue weighted by molar-refractivity contribution is 0.662. The summed E-state index contributed by atoms with van der Waals surface area (Å²) in [6.07, 6.45) is 0. The second-order valence-corrected chi connectivity index (χ2v) is 16.3. The Kier molecular flexibility index (Phi) is 7.01. The molecule has 0 amide bonds. The zero-order valence-electron chi connectivity index (χ0n) is 32.4. The van der Waals surface area contributed by atoms with E-state index in [2.05, 4.69) is 213 Å². The van der Waals surface area contributed by atoms with Gasteiger partial charge in [0.15, 0.2) is 0 Å². The second kappa shape index (κ2) is 12.4. The average molecular weight is 739 g/mol. The molecule has 0 N–H and O–H groups in total. The predicted octanol–water partition coefficient (Wildman–Crippen LogP) is 14.9. The van der Waals surface area contributed by atoms with Crippen LogP contribution in [0.4, 0.5) is 0 Å². The number of rotatable bonds is 4. The number of hydrogen-bond acceptors (Lipinski definition) is 1. The van der Waals surface area contributed by atoms with Crippen LogP contribution in [0.5, 0.6) is 0 Å². The van der Waals surface area contributed by atoms with E-state index in [-0.39, 0.29) is 5.41 Å². The predicted molar refractivity (Wildman–Crippen MR) is 245 cm³/mol. The Labute approximate surface area is 337 Å². The Morgan fingerprint density at radius 3 is 1.71 bits per heavy atom. The average Bonchev–Trinajstić information content (AvgIpc) is 3.74. The molecule has 1 aliphatic rings. The number of pyridine rings is 1. The van der Waals surface area contributed by atoms with E-state index in [0.29, 0.717) is 0 Å². The smallest absolute Gasteiger partial charge is 0.0794 e. The minimum absolute atomic E-state index is 0.103. The third kappa shape index (κ3) is 4.75. The lowest BCUT2D eigenvalue weighted by atomic mass is 9.79. The summed E-state index contributed by atoms with van der Waals surface area (Å²) in [5.74, 6) is 0. The Morgan fingerprint density at radius 1 is 0.379 bits per heavy atom. The quantitative estimate of drug-likeness (QED) is 0.164. The summed E-state index contributed by atoms with van der Waals surface area (Å²) < 4.78 is 2.41. The third-order valence-electron chi connectivity index (χ3n) is 12.7. The van der Waals surface area contributed by atoms with Gasteiger partial charge in [0.05, 0.1) is 22.2 Å². The van der Waals surface area contributed by atoms with Crippen molar-refractivity contribution in [1.29, 1.82) is 0 Å². The maximum Gasteiger partial charge on any atom is 0.0794 e. The van der Waals surface area contributed by atoms with Gasteiger partial charge in [0, 0.05) is 38.2 Å². The van der Waals surface area contributed by atoms with Crippen molar-refractivity contribution >= 4 is 54.3 Å². The van der Waals surface area contributed by atoms with Gasteiger partial charge in [-0.2, -0.15) is 0 Å². The van der Waals surface area contributed by atoms with Gasteiger partial charge in [0.25, 0.3) is 0 Å². The van der Waals surface area contributed by atoms with Crippen LogP contribution in [0.25, 0.3) is 105 Å². The Morgan fingerprint density at radius 2 is 0.931 bits per heavy atom. The van der Waals surface area contributed by atoms with Gasteiger partial charge < -0.3 is 4.57 Å². The molecule has 9 aromatic carbocycles. The van der Waals surface area contributed by atoms with Crippen molar-refractivity contribution in [3.8, 4) is 50.3 Å². The van der Waals surface area contributed by atoms with Crippen molar-refractivity contribution in [2.75, 3.05) is 0 Å². The van der Waals surface area contributed by atoms with Crippen LogP contribution >= 0.6 is 0 Å². The van der Waals surface area contributed by atoms with Crippen molar-refractivity contribution < 1.29 is 0 Å². The lowest BCUT2D eigenvalue weighted by Gasteiger charge is -2.24. The zero-order valence-corrected chi connectivity index (χ0v) is 32.4. The molecule has 0 bridgehead atoms. The van der Waals surface area contributed by atoms with E-state index in [1.54, 1.807) is 0 Å². The topological polar surface area (TPSA) is 17.8 Å². The molecule has 0 aliphatic heterocycles. The van der Waals surface area contributed by atoms with Crippen molar-refractivity contribution in [3.05, 3.63) is 205 Å². The minimum atomic E-state index is -0.103. The lowest BCUT2D eigenvalue weighted by Crippen LogP contribution is -2.16. The summed E-state index contributed by atoms with van der Waals surface area (Å²) in [7, 11) is 0. The highest BCUT2D eigenvalue weighted by Gasteiger charge is 2.37. The van der Waals surface area contributed by atoms with E-state index in [1.165, 1.54) is 93.2 Å². The summed E-state index contributed by atoms with van der Waals surface area (Å²) in [5.41, 5.74) is 16.9. The number of hydrogen-bond donors (Lipinski definition) is 0. The van der Waals surface area contributed by atoms with Gasteiger partial charge in [0.2, 0.25) is 0 Å². The third-order valence-corrected chi connectivity index (χ3v) is 12.7. The van der Waals surface area contributed by atoms with Gasteiger partial charge in [-0.25, -0.2) is 4.98 Å². The van der Waals surface area contributed by atoms with Crippen LogP contribution in [0, 0.1) is 0 Å². The second-order valence-electron chi connectivity index (χ2n) is 16.3. The van der Waals surface area contributed by atoms with E-state index in [4.69, 9.17) is 4.98 Å². The van der Waals surface area contributed by atoms with E-state index < -0.39 is 0 Å². The van der Waals surface area contributed by atoms with Crippen LogP contribution in [-0.2, 0) is 5.41 Å². The molecule has 2 heterocycles. The fourth-order valence-electron chi connectivity index (χ4n) is 10.1. The molecule has 11 aromatic rings. The van der Waals surface area contributed by atoms with Gasteiger partial charge in [-0.3, -0.25) is 0 Å². The van der Waals surface area contributed by atoms with Crippen LogP contribution in [0.15, 0.2) is 194 Å². The molecule has 0 spiro atoms. The molecule has 0 fully saturated rings. The molecule has 0 unspecified atom stereocenters. The summed E-state index contributed by atoms with van der Waals surface area (Å²) >= 11 is 0. The molecule has 0 saturated heterocycles. The fraction of sp³-hybridized carbons (Fsp3) is 0.0536. The molecular formula is C56H38N2. The number of nitrogens with zero attached hydrogens (tertiary/aromatic N) is 2. The van der Waals surface area contributed by atoms with Crippen molar-refractivity contribution in [2.24, 2.45) is 0 Å². The van der Waals surface area contributed by atoms with Gasteiger partial charge in [-0.15, -0.1) is 0 Å². The summed E-state index contributed by atoms with van der Waals surface area (Å²) in [4.78, 5) is 5.37. The van der Waals surface area contributed by atoms with Gasteiger partial charge in [0.1, 0.15) is 0 Å². The normalized spacial score (nSPS) is 13.1. The minimum Gasteiger partial charge on any atom is -0.309 e. The van der Waals surface area contributed by atoms with Crippen LogP contribution in [0.3, 0.4) is 0 Å². The number of fused-ring (bicyclic) bond motifs is 12. The molecule has 0 saturated carbocycles. The Balaban J connectivity index is 1.03. The molecule has 272 valence electrons. The zero-order chi connectivity index (χ0) is 38.5. The van der Waals surface area contributed by atoms with E-state index in [9.17, 15) is 0 Å². The monoisotopic (exact) mass is 738 g/mol. The first-order valence-corrected chi connectivity index (χ1v) is 20.2. The number of para-hydroxylation sites is 1. The van der Waals surface area contributed by atoms with Crippen LogP contribution in [0.1, 0.15) is 25.0 Å². The SMILES string of the molecule is CC1(C)c2ccccc2-c2cccc(-c3ccc4c(c3)c3cc(-c5cccc(-c6ccc7c8ccccc8c8ccccc8c7n6)c5)ccc3n4-c3ccccc3)c21. The van der Waals surface area contributed by atoms with E-state index >= 15 is 0 Å². The first-order chi connectivity index (χ1) is 28.5. The summed E-state index contributed by atoms with van der Waals surface area (Å²) in [6.45, 7) is 4.75. The number of aromatic nitrogens is 2. The standard InChI is InChI=1S/C56H38N2/c1-56(2)50-25-11-10-21-44(50)45-24-13-23-40(54(45)56)37-27-31-53-49(34-37)48-33-36(26-30-52(48)58(53)39-16-4-3-5-17-39)35-14-12-15-38(32-35)51-29-28-47-43-20-7-6-18-41(43)42-19-8-9-22-46(42)55(47)57-51/h3-34H,1-2H3. The first kappa shape index (κ1) is 32.9. The van der Waals surface area contributed by atoms with Crippen LogP contribution < -0.4 is 0 Å². The van der Waals surface area contributed by atoms with Gasteiger partial charge >= 0.3 is 0 Å². The highest BCUT2D eigenvalue weighted by atomic mass is 15.0. The molecule has 12 rings (SSSR count). The largest absolute Gasteiger partial charge is 0.309 e. The first-order valence-electron chi connectivity index (χ1n) is 20.2. The Hall–Kier alpha value is -7.29. The van der Waals surface area contributed by atoms with Gasteiger partial charge in [-0.05, 0) is 115 Å². The van der Waals surface area contributed by atoms with Gasteiger partial charge in [-0.1, -0.05) is 153 Å². The maximum absolute atomic E-state index is 5.37. The van der Waals surface area contributed by atoms with Crippen molar-refractivity contribution in [2.45, 2.75) is 19.3 Å². The number of benzene rings is 9. The molecule has 2 nitrogen and oxygen atoms in total. The van der Waals surface area contributed by atoms with Crippen molar-refractivity contribution in [3.63, 3.8) is 0 Å². The maximum atomic E-state index is 5.37.